The Morgan fingerprint density at radius 3 is 2.55 bits per heavy atom. The molecule has 1 fully saturated rings. The maximum Gasteiger partial charge on any atom is 0.242 e. The molecule has 0 radical (unpaired) electrons. The van der Waals surface area contributed by atoms with Crippen LogP contribution in [0.5, 0.6) is 0 Å². The molecule has 1 aromatic rings. The number of nitrogens with one attached hydrogen (secondary N) is 1. The lowest BCUT2D eigenvalue weighted by Gasteiger charge is -2.28. The summed E-state index contributed by atoms with van der Waals surface area (Å²) in [6, 6.07) is 1.57. The highest BCUT2D eigenvalue weighted by atomic mass is 79.9. The largest absolute Gasteiger partial charge is 0.391 e. The Labute approximate surface area is 132 Å². The number of aliphatic hydroxyl groups is 1. The highest BCUT2D eigenvalue weighted by Gasteiger charge is 2.27. The first-order chi connectivity index (χ1) is 9.46. The molecule has 4 nitrogen and oxygen atoms in total. The molecule has 0 amide bonds. The van der Waals surface area contributed by atoms with Crippen molar-refractivity contribution in [2.24, 2.45) is 5.92 Å². The van der Waals surface area contributed by atoms with Gasteiger partial charge in [-0.15, -0.1) is 11.3 Å². The molecule has 114 valence electrons. The monoisotopic (exact) mass is 381 g/mol. The molecule has 1 aromatic heterocycles. The van der Waals surface area contributed by atoms with Gasteiger partial charge in [-0.25, -0.2) is 13.1 Å². The highest BCUT2D eigenvalue weighted by Crippen LogP contribution is 2.33. The van der Waals surface area contributed by atoms with Crippen molar-refractivity contribution in [2.75, 3.05) is 0 Å². The zero-order valence-corrected chi connectivity index (χ0v) is 14.7. The summed E-state index contributed by atoms with van der Waals surface area (Å²) in [5.41, 5.74) is 0. The second kappa shape index (κ2) is 6.87. The molecule has 0 spiro atoms. The van der Waals surface area contributed by atoms with E-state index < -0.39 is 10.0 Å². The van der Waals surface area contributed by atoms with E-state index in [1.54, 1.807) is 0 Å². The SMILES string of the molecule is CCC1CCC(NS(=O)(=O)c2cc(CO)sc2Br)CC1. The highest BCUT2D eigenvalue weighted by molar-refractivity contribution is 9.11. The summed E-state index contributed by atoms with van der Waals surface area (Å²) in [5, 5.41) is 9.09. The van der Waals surface area contributed by atoms with Crippen LogP contribution in [-0.2, 0) is 16.6 Å². The van der Waals surface area contributed by atoms with Gasteiger partial charge in [-0.05, 0) is 53.6 Å². The minimum Gasteiger partial charge on any atom is -0.391 e. The summed E-state index contributed by atoms with van der Waals surface area (Å²) in [7, 11) is -3.50. The van der Waals surface area contributed by atoms with Gasteiger partial charge in [-0.1, -0.05) is 13.3 Å². The Bertz CT molecular complexity index is 548. The lowest BCUT2D eigenvalue weighted by Crippen LogP contribution is -2.37. The Hall–Kier alpha value is 0.0500. The summed E-state index contributed by atoms with van der Waals surface area (Å²) >= 11 is 4.52. The van der Waals surface area contributed by atoms with Crippen molar-refractivity contribution in [3.05, 3.63) is 14.7 Å². The van der Waals surface area contributed by atoms with Crippen LogP contribution in [0.2, 0.25) is 0 Å². The van der Waals surface area contributed by atoms with Gasteiger partial charge in [-0.2, -0.15) is 0 Å². The summed E-state index contributed by atoms with van der Waals surface area (Å²) in [4.78, 5) is 0.885. The van der Waals surface area contributed by atoms with Crippen LogP contribution in [0.15, 0.2) is 14.7 Å². The van der Waals surface area contributed by atoms with Crippen molar-refractivity contribution in [2.45, 2.75) is 56.6 Å². The normalized spacial score (nSPS) is 23.9. The molecule has 1 heterocycles. The number of halogens is 1. The van der Waals surface area contributed by atoms with Gasteiger partial charge in [0.2, 0.25) is 10.0 Å². The third-order valence-electron chi connectivity index (χ3n) is 3.90. The molecule has 0 aromatic carbocycles. The van der Waals surface area contributed by atoms with Crippen LogP contribution >= 0.6 is 27.3 Å². The molecule has 2 N–H and O–H groups in total. The fraction of sp³-hybridized carbons (Fsp3) is 0.692. The number of hydrogen-bond donors (Lipinski definition) is 2. The van der Waals surface area contributed by atoms with Crippen LogP contribution < -0.4 is 4.72 Å². The molecule has 20 heavy (non-hydrogen) atoms. The maximum atomic E-state index is 12.4. The van der Waals surface area contributed by atoms with Gasteiger partial charge < -0.3 is 5.11 Å². The van der Waals surface area contributed by atoms with Crippen LogP contribution in [0.1, 0.15) is 43.9 Å². The smallest absolute Gasteiger partial charge is 0.242 e. The van der Waals surface area contributed by atoms with Gasteiger partial charge in [0.05, 0.1) is 10.4 Å². The van der Waals surface area contributed by atoms with E-state index in [0.29, 0.717) is 8.66 Å². The second-order valence-corrected chi connectivity index (χ2v) is 9.39. The van der Waals surface area contributed by atoms with E-state index in [0.717, 1.165) is 31.6 Å². The first-order valence-corrected chi connectivity index (χ1v) is 9.97. The first kappa shape index (κ1) is 16.4. The Balaban J connectivity index is 2.06. The fourth-order valence-corrected chi connectivity index (χ4v) is 6.48. The van der Waals surface area contributed by atoms with Crippen molar-refractivity contribution in [1.82, 2.24) is 4.72 Å². The van der Waals surface area contributed by atoms with Crippen LogP contribution in [0.3, 0.4) is 0 Å². The van der Waals surface area contributed by atoms with Gasteiger partial charge in [0.15, 0.2) is 0 Å². The number of aliphatic hydroxyl groups excluding tert-OH is 1. The average molecular weight is 382 g/mol. The zero-order valence-electron chi connectivity index (χ0n) is 11.4. The van der Waals surface area contributed by atoms with Crippen LogP contribution in [0.4, 0.5) is 0 Å². The molecule has 1 saturated carbocycles. The summed E-state index contributed by atoms with van der Waals surface area (Å²) in [5.74, 6) is 0.740. The van der Waals surface area contributed by atoms with Gasteiger partial charge in [0.1, 0.15) is 4.90 Å². The Morgan fingerprint density at radius 2 is 2.05 bits per heavy atom. The fourth-order valence-electron chi connectivity index (χ4n) is 2.63. The molecule has 1 aliphatic rings. The molecule has 0 atom stereocenters. The third-order valence-corrected chi connectivity index (χ3v) is 7.66. The predicted octanol–water partition coefficient (Wildman–Crippen LogP) is 3.25. The first-order valence-electron chi connectivity index (χ1n) is 6.87. The molecular weight excluding hydrogens is 362 g/mol. The standard InChI is InChI=1S/C13H20BrNO3S2/c1-2-9-3-5-10(6-4-9)15-20(17,18)12-7-11(8-16)19-13(12)14/h7,9-10,15-16H,2-6,8H2,1H3. The summed E-state index contributed by atoms with van der Waals surface area (Å²) in [6.07, 6.45) is 5.18. The Morgan fingerprint density at radius 1 is 1.40 bits per heavy atom. The molecule has 0 unspecified atom stereocenters. The van der Waals surface area contributed by atoms with E-state index >= 15 is 0 Å². The molecule has 1 aliphatic carbocycles. The van der Waals surface area contributed by atoms with E-state index in [1.807, 2.05) is 0 Å². The van der Waals surface area contributed by atoms with Crippen molar-refractivity contribution in [3.8, 4) is 0 Å². The summed E-state index contributed by atoms with van der Waals surface area (Å²) in [6.45, 7) is 2.05. The molecule has 0 bridgehead atoms. The average Bonchev–Trinajstić information content (AvgIpc) is 2.81. The van der Waals surface area contributed by atoms with Crippen molar-refractivity contribution in [1.29, 1.82) is 0 Å². The van der Waals surface area contributed by atoms with Gasteiger partial charge in [-0.3, -0.25) is 0 Å². The molecule has 7 heteroatoms. The maximum absolute atomic E-state index is 12.4. The molecule has 2 rings (SSSR count). The van der Waals surface area contributed by atoms with E-state index in [2.05, 4.69) is 27.6 Å². The van der Waals surface area contributed by atoms with Crippen LogP contribution in [-0.4, -0.2) is 19.6 Å². The third kappa shape index (κ3) is 3.82. The number of sulfonamides is 1. The molecular formula is C13H20BrNO3S2. The van der Waals surface area contributed by atoms with E-state index in [4.69, 9.17) is 5.11 Å². The van der Waals surface area contributed by atoms with Crippen molar-refractivity contribution < 1.29 is 13.5 Å². The Kier molecular flexibility index (Phi) is 5.64. The predicted molar refractivity (Wildman–Crippen MR) is 84.3 cm³/mol. The van der Waals surface area contributed by atoms with E-state index in [9.17, 15) is 8.42 Å². The topological polar surface area (TPSA) is 66.4 Å². The second-order valence-electron chi connectivity index (χ2n) is 5.26. The minimum atomic E-state index is -3.50. The lowest BCUT2D eigenvalue weighted by molar-refractivity contribution is 0.285. The summed E-state index contributed by atoms with van der Waals surface area (Å²) < 4.78 is 28.1. The lowest BCUT2D eigenvalue weighted by atomic mass is 9.85. The van der Waals surface area contributed by atoms with Gasteiger partial charge >= 0.3 is 0 Å². The van der Waals surface area contributed by atoms with E-state index in [1.165, 1.54) is 23.8 Å². The minimum absolute atomic E-state index is 0.0344. The van der Waals surface area contributed by atoms with Crippen LogP contribution in [0, 0.1) is 5.92 Å². The zero-order chi connectivity index (χ0) is 14.8. The number of rotatable bonds is 5. The molecule has 0 aliphatic heterocycles. The van der Waals surface area contributed by atoms with Crippen LogP contribution in [0.25, 0.3) is 0 Å². The number of thiophene rings is 1. The van der Waals surface area contributed by atoms with Gasteiger partial charge in [0, 0.05) is 10.9 Å². The van der Waals surface area contributed by atoms with Gasteiger partial charge in [0.25, 0.3) is 0 Å². The van der Waals surface area contributed by atoms with E-state index in [-0.39, 0.29) is 17.5 Å². The number of hydrogen-bond acceptors (Lipinski definition) is 4. The van der Waals surface area contributed by atoms with Crippen molar-refractivity contribution >= 4 is 37.3 Å². The quantitative estimate of drug-likeness (QED) is 0.822. The molecule has 0 saturated heterocycles. The van der Waals surface area contributed by atoms with Crippen molar-refractivity contribution in [3.63, 3.8) is 0 Å².